The van der Waals surface area contributed by atoms with Crippen LogP contribution in [0.1, 0.15) is 17.8 Å². The minimum absolute atomic E-state index is 0.00925. The van der Waals surface area contributed by atoms with Gasteiger partial charge in [-0.3, -0.25) is 19.1 Å². The number of hydrogen-bond donors (Lipinski definition) is 0. The number of aromatic nitrogens is 2. The van der Waals surface area contributed by atoms with Crippen LogP contribution in [-0.2, 0) is 29.0 Å². The number of fused-ring (bicyclic) bond motifs is 2. The molecule has 2 aliphatic heterocycles. The summed E-state index contributed by atoms with van der Waals surface area (Å²) in [4.78, 5) is 35.6. The molecule has 1 aromatic heterocycles. The molecule has 1 saturated heterocycles. The maximum absolute atomic E-state index is 13.4. The van der Waals surface area contributed by atoms with E-state index in [0.717, 1.165) is 31.6 Å². The second kappa shape index (κ2) is 8.61. The molecular formula is C24H26N4O3. The van der Waals surface area contributed by atoms with Gasteiger partial charge in [-0.2, -0.15) is 0 Å². The number of amides is 1. The summed E-state index contributed by atoms with van der Waals surface area (Å²) < 4.78 is 7.01. The molecule has 1 fully saturated rings. The number of para-hydroxylation sites is 2. The highest BCUT2D eigenvalue weighted by atomic mass is 16.5. The lowest BCUT2D eigenvalue weighted by atomic mass is 10.0. The first-order chi connectivity index (χ1) is 15.2. The Balaban J connectivity index is 1.51. The lowest BCUT2D eigenvalue weighted by molar-refractivity contribution is -0.119. The number of rotatable bonds is 4. The number of morpholine rings is 1. The monoisotopic (exact) mass is 418 g/mol. The van der Waals surface area contributed by atoms with Crippen LogP contribution in [0.3, 0.4) is 0 Å². The molecule has 0 saturated carbocycles. The zero-order chi connectivity index (χ0) is 21.2. The van der Waals surface area contributed by atoms with Gasteiger partial charge < -0.3 is 9.64 Å². The predicted molar refractivity (Wildman–Crippen MR) is 119 cm³/mol. The van der Waals surface area contributed by atoms with Gasteiger partial charge in [0.05, 0.1) is 30.7 Å². The fraction of sp³-hybridized carbons (Fsp3) is 0.375. The van der Waals surface area contributed by atoms with Gasteiger partial charge in [-0.25, -0.2) is 4.98 Å². The van der Waals surface area contributed by atoms with Crippen LogP contribution in [0.25, 0.3) is 10.9 Å². The van der Waals surface area contributed by atoms with E-state index in [9.17, 15) is 9.59 Å². The Morgan fingerprint density at radius 1 is 1.00 bits per heavy atom. The molecule has 2 aliphatic rings. The van der Waals surface area contributed by atoms with Crippen LogP contribution >= 0.6 is 0 Å². The smallest absolute Gasteiger partial charge is 0.261 e. The lowest BCUT2D eigenvalue weighted by Crippen LogP contribution is -2.42. The van der Waals surface area contributed by atoms with E-state index in [1.807, 2.05) is 41.3 Å². The first-order valence-electron chi connectivity index (χ1n) is 10.9. The summed E-state index contributed by atoms with van der Waals surface area (Å²) in [6.45, 7) is 4.09. The SMILES string of the molecule is O=C(Cn1c(CN2CCOCC2)nc2ccccc2c1=O)N1CCCc2ccccc21. The molecule has 3 aromatic rings. The molecule has 0 spiro atoms. The van der Waals surface area contributed by atoms with E-state index in [1.54, 1.807) is 10.6 Å². The number of hydrogen-bond acceptors (Lipinski definition) is 5. The average molecular weight is 418 g/mol. The summed E-state index contributed by atoms with van der Waals surface area (Å²) in [6, 6.07) is 15.4. The van der Waals surface area contributed by atoms with Gasteiger partial charge >= 0.3 is 0 Å². The molecule has 0 N–H and O–H groups in total. The third kappa shape index (κ3) is 3.98. The van der Waals surface area contributed by atoms with Crippen molar-refractivity contribution in [1.82, 2.24) is 14.5 Å². The number of aryl methyl sites for hydroxylation is 1. The van der Waals surface area contributed by atoms with Crippen molar-refractivity contribution >= 4 is 22.5 Å². The first-order valence-corrected chi connectivity index (χ1v) is 10.9. The minimum Gasteiger partial charge on any atom is -0.379 e. The van der Waals surface area contributed by atoms with Crippen molar-refractivity contribution < 1.29 is 9.53 Å². The molecule has 0 radical (unpaired) electrons. The molecule has 5 rings (SSSR count). The van der Waals surface area contributed by atoms with Crippen molar-refractivity contribution in [3.63, 3.8) is 0 Å². The summed E-state index contributed by atoms with van der Waals surface area (Å²) in [6.07, 6.45) is 1.90. The van der Waals surface area contributed by atoms with Crippen LogP contribution < -0.4 is 10.5 Å². The van der Waals surface area contributed by atoms with Crippen LogP contribution in [0.4, 0.5) is 5.69 Å². The Hall–Kier alpha value is -3.03. The second-order valence-corrected chi connectivity index (χ2v) is 8.10. The topological polar surface area (TPSA) is 67.7 Å². The molecule has 0 aliphatic carbocycles. The Morgan fingerprint density at radius 2 is 1.77 bits per heavy atom. The first kappa shape index (κ1) is 19.9. The highest BCUT2D eigenvalue weighted by Gasteiger charge is 2.24. The van der Waals surface area contributed by atoms with Gasteiger partial charge in [0, 0.05) is 25.3 Å². The highest BCUT2D eigenvalue weighted by Crippen LogP contribution is 2.27. The summed E-state index contributed by atoms with van der Waals surface area (Å²) in [5, 5.41) is 0.542. The van der Waals surface area contributed by atoms with Gasteiger partial charge in [-0.05, 0) is 36.6 Å². The number of anilines is 1. The molecule has 7 nitrogen and oxygen atoms in total. The molecule has 0 atom stereocenters. The largest absolute Gasteiger partial charge is 0.379 e. The van der Waals surface area contributed by atoms with Crippen LogP contribution in [0, 0.1) is 0 Å². The van der Waals surface area contributed by atoms with Gasteiger partial charge in [-0.1, -0.05) is 30.3 Å². The standard InChI is InChI=1S/C24H26N4O3/c29-23(27-11-5-7-18-6-1-4-10-21(18)27)17-28-22(16-26-12-14-31-15-13-26)25-20-9-3-2-8-19(20)24(28)30/h1-4,6,8-10H,5,7,11-17H2. The van der Waals surface area contributed by atoms with E-state index >= 15 is 0 Å². The Labute approximate surface area is 180 Å². The molecule has 3 heterocycles. The predicted octanol–water partition coefficient (Wildman–Crippen LogP) is 2.21. The van der Waals surface area contributed by atoms with Crippen LogP contribution in [0.15, 0.2) is 53.3 Å². The van der Waals surface area contributed by atoms with Crippen molar-refractivity contribution in [3.05, 3.63) is 70.3 Å². The molecular weight excluding hydrogens is 392 g/mol. The van der Waals surface area contributed by atoms with Gasteiger partial charge in [0.1, 0.15) is 12.4 Å². The van der Waals surface area contributed by atoms with E-state index in [2.05, 4.69) is 11.0 Å². The van der Waals surface area contributed by atoms with E-state index < -0.39 is 0 Å². The van der Waals surface area contributed by atoms with Gasteiger partial charge in [0.25, 0.3) is 5.56 Å². The summed E-state index contributed by atoms with van der Waals surface area (Å²) >= 11 is 0. The number of nitrogens with zero attached hydrogens (tertiary/aromatic N) is 4. The zero-order valence-corrected chi connectivity index (χ0v) is 17.5. The number of ether oxygens (including phenoxy) is 1. The molecule has 2 aromatic carbocycles. The summed E-state index contributed by atoms with van der Waals surface area (Å²) in [7, 11) is 0. The Bertz CT molecular complexity index is 1170. The van der Waals surface area contributed by atoms with E-state index in [4.69, 9.17) is 9.72 Å². The minimum atomic E-state index is -0.160. The maximum Gasteiger partial charge on any atom is 0.261 e. The third-order valence-electron chi connectivity index (χ3n) is 6.11. The van der Waals surface area contributed by atoms with Crippen molar-refractivity contribution in [2.24, 2.45) is 0 Å². The quantitative estimate of drug-likeness (QED) is 0.650. The molecule has 1 amide bonds. The third-order valence-corrected chi connectivity index (χ3v) is 6.11. The average Bonchev–Trinajstić information content (AvgIpc) is 2.82. The lowest BCUT2D eigenvalue weighted by Gasteiger charge is -2.30. The van der Waals surface area contributed by atoms with Crippen LogP contribution in [-0.4, -0.2) is 53.2 Å². The highest BCUT2D eigenvalue weighted by molar-refractivity contribution is 5.94. The maximum atomic E-state index is 13.4. The van der Waals surface area contributed by atoms with Gasteiger partial charge in [0.2, 0.25) is 5.91 Å². The normalized spacial score (nSPS) is 17.0. The van der Waals surface area contributed by atoms with Crippen molar-refractivity contribution in [1.29, 1.82) is 0 Å². The molecule has 0 bridgehead atoms. The molecule has 7 heteroatoms. The number of carbonyl (C=O) groups excluding carboxylic acids is 1. The van der Waals surface area contributed by atoms with Gasteiger partial charge in [0.15, 0.2) is 0 Å². The van der Waals surface area contributed by atoms with Gasteiger partial charge in [-0.15, -0.1) is 0 Å². The molecule has 160 valence electrons. The van der Waals surface area contributed by atoms with Crippen molar-refractivity contribution in [2.45, 2.75) is 25.9 Å². The van der Waals surface area contributed by atoms with Crippen LogP contribution in [0.5, 0.6) is 0 Å². The molecule has 31 heavy (non-hydrogen) atoms. The van der Waals surface area contributed by atoms with Crippen LogP contribution in [0.2, 0.25) is 0 Å². The number of carbonyl (C=O) groups is 1. The van der Waals surface area contributed by atoms with E-state index in [-0.39, 0.29) is 18.0 Å². The number of benzene rings is 2. The fourth-order valence-electron chi connectivity index (χ4n) is 4.47. The van der Waals surface area contributed by atoms with Crippen molar-refractivity contribution in [2.75, 3.05) is 37.7 Å². The summed E-state index contributed by atoms with van der Waals surface area (Å²) in [5.74, 6) is 0.554. The van der Waals surface area contributed by atoms with E-state index in [0.29, 0.717) is 43.0 Å². The fourth-order valence-corrected chi connectivity index (χ4v) is 4.47. The van der Waals surface area contributed by atoms with Crippen molar-refractivity contribution in [3.8, 4) is 0 Å². The molecule has 0 unspecified atom stereocenters. The summed E-state index contributed by atoms with van der Waals surface area (Å²) in [5.41, 5.74) is 2.64. The zero-order valence-electron chi connectivity index (χ0n) is 17.5. The van der Waals surface area contributed by atoms with E-state index in [1.165, 1.54) is 5.56 Å². The Kier molecular flexibility index (Phi) is 5.53. The second-order valence-electron chi connectivity index (χ2n) is 8.10. The Morgan fingerprint density at radius 3 is 2.65 bits per heavy atom.